The van der Waals surface area contributed by atoms with Gasteiger partial charge in [-0.15, -0.1) is 0 Å². The van der Waals surface area contributed by atoms with Crippen molar-refractivity contribution in [3.05, 3.63) is 18.0 Å². The number of hydrogen-bond donors (Lipinski definition) is 1. The summed E-state index contributed by atoms with van der Waals surface area (Å²) >= 11 is 0. The number of nitrogens with zero attached hydrogens (tertiary/aromatic N) is 2. The Balaban J connectivity index is 1.80. The summed E-state index contributed by atoms with van der Waals surface area (Å²) in [7, 11) is 0. The summed E-state index contributed by atoms with van der Waals surface area (Å²) in [4.78, 5) is 0. The molecule has 84 valence electrons. The Bertz CT molecular complexity index is 306. The maximum Gasteiger partial charge on any atom is 0.0522 e. The molecule has 1 aliphatic carbocycles. The summed E-state index contributed by atoms with van der Waals surface area (Å²) in [6.07, 6.45) is 5.72. The van der Waals surface area contributed by atoms with Crippen molar-refractivity contribution in [3.63, 3.8) is 0 Å². The van der Waals surface area contributed by atoms with Gasteiger partial charge in [0.25, 0.3) is 0 Å². The van der Waals surface area contributed by atoms with Crippen LogP contribution in [0.1, 0.15) is 38.8 Å². The van der Waals surface area contributed by atoms with E-state index in [0.717, 1.165) is 31.5 Å². The standard InChI is InChI=1S/C12H21N3/c1-3-7-15-11(5-6-14-15)9-13-12-8-10(12)4-2/h5-6,10,12-13H,3-4,7-9H2,1-2H3. The molecule has 2 atom stereocenters. The van der Waals surface area contributed by atoms with E-state index in [2.05, 4.69) is 35.0 Å². The Kier molecular flexibility index (Phi) is 3.41. The number of hydrogen-bond acceptors (Lipinski definition) is 2. The molecule has 3 heteroatoms. The monoisotopic (exact) mass is 207 g/mol. The maximum atomic E-state index is 4.32. The van der Waals surface area contributed by atoms with E-state index in [-0.39, 0.29) is 0 Å². The molecule has 15 heavy (non-hydrogen) atoms. The smallest absolute Gasteiger partial charge is 0.0522 e. The molecule has 1 aliphatic rings. The highest BCUT2D eigenvalue weighted by molar-refractivity contribution is 5.02. The van der Waals surface area contributed by atoms with Gasteiger partial charge in [-0.2, -0.15) is 5.10 Å². The van der Waals surface area contributed by atoms with Crippen molar-refractivity contribution < 1.29 is 0 Å². The highest BCUT2D eigenvalue weighted by atomic mass is 15.3. The van der Waals surface area contributed by atoms with Crippen molar-refractivity contribution in [2.45, 2.75) is 52.2 Å². The van der Waals surface area contributed by atoms with Crippen molar-refractivity contribution in [2.24, 2.45) is 5.92 Å². The van der Waals surface area contributed by atoms with Crippen LogP contribution in [-0.4, -0.2) is 15.8 Å². The fraction of sp³-hybridized carbons (Fsp3) is 0.750. The summed E-state index contributed by atoms with van der Waals surface area (Å²) in [5.74, 6) is 0.924. The Morgan fingerprint density at radius 3 is 3.07 bits per heavy atom. The van der Waals surface area contributed by atoms with Gasteiger partial charge in [-0.1, -0.05) is 20.3 Å². The second-order valence-electron chi connectivity index (χ2n) is 4.44. The number of aryl methyl sites for hydroxylation is 1. The second-order valence-corrected chi connectivity index (χ2v) is 4.44. The highest BCUT2D eigenvalue weighted by Crippen LogP contribution is 2.33. The number of aromatic nitrogens is 2. The van der Waals surface area contributed by atoms with E-state index in [0.29, 0.717) is 0 Å². The lowest BCUT2D eigenvalue weighted by Gasteiger charge is -2.07. The number of rotatable bonds is 6. The van der Waals surface area contributed by atoms with E-state index in [9.17, 15) is 0 Å². The Morgan fingerprint density at radius 2 is 2.40 bits per heavy atom. The molecule has 0 aromatic carbocycles. The third kappa shape index (κ3) is 2.59. The Hall–Kier alpha value is -0.830. The van der Waals surface area contributed by atoms with Crippen molar-refractivity contribution in [2.75, 3.05) is 0 Å². The molecule has 1 N–H and O–H groups in total. The summed E-state index contributed by atoms with van der Waals surface area (Å²) in [5.41, 5.74) is 1.32. The van der Waals surface area contributed by atoms with E-state index in [1.165, 1.54) is 18.5 Å². The lowest BCUT2D eigenvalue weighted by atomic mass is 10.3. The molecule has 0 radical (unpaired) electrons. The highest BCUT2D eigenvalue weighted by Gasteiger charge is 2.34. The minimum atomic E-state index is 0.764. The predicted octanol–water partition coefficient (Wildman–Crippen LogP) is 2.18. The molecule has 0 bridgehead atoms. The van der Waals surface area contributed by atoms with E-state index in [4.69, 9.17) is 0 Å². The zero-order valence-corrected chi connectivity index (χ0v) is 9.74. The molecular weight excluding hydrogens is 186 g/mol. The van der Waals surface area contributed by atoms with Gasteiger partial charge < -0.3 is 5.32 Å². The summed E-state index contributed by atoms with van der Waals surface area (Å²) < 4.78 is 2.11. The van der Waals surface area contributed by atoms with Gasteiger partial charge in [0.2, 0.25) is 0 Å². The van der Waals surface area contributed by atoms with Crippen LogP contribution in [0, 0.1) is 5.92 Å². The van der Waals surface area contributed by atoms with Crippen molar-refractivity contribution >= 4 is 0 Å². The third-order valence-electron chi connectivity index (χ3n) is 3.23. The molecule has 2 unspecified atom stereocenters. The lowest BCUT2D eigenvalue weighted by Crippen LogP contribution is -2.20. The van der Waals surface area contributed by atoms with Crippen molar-refractivity contribution in [3.8, 4) is 0 Å². The molecule has 2 rings (SSSR count). The van der Waals surface area contributed by atoms with Crippen molar-refractivity contribution in [1.82, 2.24) is 15.1 Å². The first kappa shape index (κ1) is 10.7. The predicted molar refractivity (Wildman–Crippen MR) is 61.5 cm³/mol. The van der Waals surface area contributed by atoms with Crippen LogP contribution in [0.25, 0.3) is 0 Å². The Morgan fingerprint density at radius 1 is 1.53 bits per heavy atom. The SMILES string of the molecule is CCCn1nccc1CNC1CC1CC. The fourth-order valence-electron chi connectivity index (χ4n) is 2.11. The molecule has 0 saturated heterocycles. The molecule has 1 aromatic heterocycles. The van der Waals surface area contributed by atoms with Crippen LogP contribution in [-0.2, 0) is 13.1 Å². The van der Waals surface area contributed by atoms with E-state index in [1.54, 1.807) is 0 Å². The van der Waals surface area contributed by atoms with E-state index < -0.39 is 0 Å². The van der Waals surface area contributed by atoms with Crippen LogP contribution in [0.5, 0.6) is 0 Å². The topological polar surface area (TPSA) is 29.9 Å². The largest absolute Gasteiger partial charge is 0.308 e. The molecule has 1 saturated carbocycles. The van der Waals surface area contributed by atoms with E-state index in [1.807, 2.05) is 6.20 Å². The van der Waals surface area contributed by atoms with Gasteiger partial charge in [0.1, 0.15) is 0 Å². The third-order valence-corrected chi connectivity index (χ3v) is 3.23. The van der Waals surface area contributed by atoms with Crippen LogP contribution < -0.4 is 5.32 Å². The first-order valence-corrected chi connectivity index (χ1v) is 6.09. The second kappa shape index (κ2) is 4.79. The van der Waals surface area contributed by atoms with Gasteiger partial charge in [-0.3, -0.25) is 4.68 Å². The first-order chi connectivity index (χ1) is 7.35. The van der Waals surface area contributed by atoms with Gasteiger partial charge in [0.15, 0.2) is 0 Å². The van der Waals surface area contributed by atoms with Crippen LogP contribution in [0.3, 0.4) is 0 Å². The average molecular weight is 207 g/mol. The maximum absolute atomic E-state index is 4.32. The molecule has 0 aliphatic heterocycles. The van der Waals surface area contributed by atoms with Gasteiger partial charge in [-0.05, 0) is 24.8 Å². The zero-order chi connectivity index (χ0) is 10.7. The van der Waals surface area contributed by atoms with Crippen molar-refractivity contribution in [1.29, 1.82) is 0 Å². The first-order valence-electron chi connectivity index (χ1n) is 6.09. The molecule has 0 spiro atoms. The van der Waals surface area contributed by atoms with Gasteiger partial charge >= 0.3 is 0 Å². The van der Waals surface area contributed by atoms with Crippen LogP contribution in [0.2, 0.25) is 0 Å². The molecule has 1 heterocycles. The quantitative estimate of drug-likeness (QED) is 0.775. The fourth-order valence-corrected chi connectivity index (χ4v) is 2.11. The molecular formula is C12H21N3. The van der Waals surface area contributed by atoms with Gasteiger partial charge in [0, 0.05) is 25.3 Å². The minimum absolute atomic E-state index is 0.764. The van der Waals surface area contributed by atoms with E-state index >= 15 is 0 Å². The van der Waals surface area contributed by atoms with Crippen LogP contribution >= 0.6 is 0 Å². The normalized spacial score (nSPS) is 24.4. The number of nitrogens with one attached hydrogen (secondary N) is 1. The summed E-state index contributed by atoms with van der Waals surface area (Å²) in [6, 6.07) is 2.88. The molecule has 1 aromatic rings. The Labute approximate surface area is 91.9 Å². The minimum Gasteiger partial charge on any atom is -0.308 e. The average Bonchev–Trinajstić information content (AvgIpc) is 2.88. The van der Waals surface area contributed by atoms with Gasteiger partial charge in [-0.25, -0.2) is 0 Å². The molecule has 1 fully saturated rings. The van der Waals surface area contributed by atoms with Crippen LogP contribution in [0.15, 0.2) is 12.3 Å². The molecule has 3 nitrogen and oxygen atoms in total. The summed E-state index contributed by atoms with van der Waals surface area (Å²) in [5, 5.41) is 7.92. The van der Waals surface area contributed by atoms with Gasteiger partial charge in [0.05, 0.1) is 5.69 Å². The lowest BCUT2D eigenvalue weighted by molar-refractivity contribution is 0.539. The van der Waals surface area contributed by atoms with Crippen LogP contribution in [0.4, 0.5) is 0 Å². The molecule has 0 amide bonds. The zero-order valence-electron chi connectivity index (χ0n) is 9.74. The summed E-state index contributed by atoms with van der Waals surface area (Å²) in [6.45, 7) is 6.47.